The third kappa shape index (κ3) is 4.83. The predicted molar refractivity (Wildman–Crippen MR) is 53.7 cm³/mol. The fraction of sp³-hybridized carbons (Fsp3) is 1.00. The van der Waals surface area contributed by atoms with Gasteiger partial charge in [0.25, 0.3) is 0 Å². The molecule has 1 atom stereocenters. The van der Waals surface area contributed by atoms with Gasteiger partial charge in [0.05, 0.1) is 0 Å². The van der Waals surface area contributed by atoms with Crippen molar-refractivity contribution in [1.82, 2.24) is 0 Å². The molecule has 0 aromatic rings. The molecule has 0 aliphatic rings. The molecule has 0 heterocycles. The lowest BCUT2D eigenvalue weighted by Gasteiger charge is -2.23. The van der Waals surface area contributed by atoms with Crippen LogP contribution in [0.1, 0.15) is 26.7 Å². The summed E-state index contributed by atoms with van der Waals surface area (Å²) < 4.78 is 5.69. The van der Waals surface area contributed by atoms with Crippen LogP contribution in [0.15, 0.2) is 0 Å². The molecule has 0 aliphatic heterocycles. The second-order valence-electron chi connectivity index (χ2n) is 3.12. The molecule has 0 saturated heterocycles. The first-order chi connectivity index (χ1) is 5.18. The van der Waals surface area contributed by atoms with E-state index < -0.39 is 8.32 Å². The van der Waals surface area contributed by atoms with Gasteiger partial charge < -0.3 is 4.43 Å². The molecular weight excluding hydrogens is 176 g/mol. The monoisotopic (exact) mass is 194 g/mol. The maximum Gasteiger partial charge on any atom is 0.204 e. The SMILES string of the molecule is CCCC[Si](C)(CCl)OCC. The van der Waals surface area contributed by atoms with Gasteiger partial charge in [-0.15, -0.1) is 11.6 Å². The molecule has 0 radical (unpaired) electrons. The molecule has 11 heavy (non-hydrogen) atoms. The quantitative estimate of drug-likeness (QED) is 0.466. The van der Waals surface area contributed by atoms with Gasteiger partial charge in [-0.05, 0) is 19.5 Å². The van der Waals surface area contributed by atoms with Gasteiger partial charge in [0.2, 0.25) is 8.32 Å². The van der Waals surface area contributed by atoms with Crippen LogP contribution in [0.3, 0.4) is 0 Å². The maximum absolute atomic E-state index is 5.86. The Bertz CT molecular complexity index is 100. The van der Waals surface area contributed by atoms with Crippen LogP contribution in [0.25, 0.3) is 0 Å². The van der Waals surface area contributed by atoms with Crippen LogP contribution in [0.4, 0.5) is 0 Å². The standard InChI is InChI=1S/C8H19ClOSi/c1-4-6-7-11(3,8-9)10-5-2/h4-8H2,1-3H3. The average Bonchev–Trinajstić information content (AvgIpc) is 2.02. The second-order valence-corrected chi connectivity index (χ2v) is 7.88. The van der Waals surface area contributed by atoms with E-state index in [-0.39, 0.29) is 0 Å². The van der Waals surface area contributed by atoms with Crippen molar-refractivity contribution >= 4 is 19.9 Å². The second kappa shape index (κ2) is 6.04. The molecule has 0 rings (SSSR count). The predicted octanol–water partition coefficient (Wildman–Crippen LogP) is 3.18. The zero-order valence-electron chi connectivity index (χ0n) is 7.82. The van der Waals surface area contributed by atoms with Crippen LogP contribution in [0.5, 0.6) is 0 Å². The van der Waals surface area contributed by atoms with Crippen molar-refractivity contribution in [1.29, 1.82) is 0 Å². The number of rotatable bonds is 6. The van der Waals surface area contributed by atoms with Gasteiger partial charge in [-0.3, -0.25) is 0 Å². The first-order valence-electron chi connectivity index (χ1n) is 4.38. The van der Waals surface area contributed by atoms with E-state index in [2.05, 4.69) is 13.5 Å². The van der Waals surface area contributed by atoms with E-state index >= 15 is 0 Å². The van der Waals surface area contributed by atoms with Gasteiger partial charge in [0.15, 0.2) is 0 Å². The van der Waals surface area contributed by atoms with Crippen molar-refractivity contribution in [2.75, 3.05) is 12.1 Å². The molecule has 0 fully saturated rings. The molecular formula is C8H19ClOSi. The summed E-state index contributed by atoms with van der Waals surface area (Å²) in [6.45, 7) is 7.29. The highest BCUT2D eigenvalue weighted by molar-refractivity contribution is 6.78. The Kier molecular flexibility index (Phi) is 6.29. The van der Waals surface area contributed by atoms with Crippen molar-refractivity contribution in [2.45, 2.75) is 39.3 Å². The molecule has 0 N–H and O–H groups in total. The number of hydrogen-bond donors (Lipinski definition) is 0. The van der Waals surface area contributed by atoms with Gasteiger partial charge >= 0.3 is 0 Å². The Morgan fingerprint density at radius 1 is 1.36 bits per heavy atom. The van der Waals surface area contributed by atoms with E-state index in [1.165, 1.54) is 18.9 Å². The molecule has 0 saturated carbocycles. The Labute approximate surface area is 76.2 Å². The number of alkyl halides is 1. The van der Waals surface area contributed by atoms with E-state index in [0.29, 0.717) is 0 Å². The summed E-state index contributed by atoms with van der Waals surface area (Å²) in [5, 5.41) is 0. The van der Waals surface area contributed by atoms with Crippen molar-refractivity contribution in [3.8, 4) is 0 Å². The first-order valence-corrected chi connectivity index (χ1v) is 7.74. The van der Waals surface area contributed by atoms with Crippen molar-refractivity contribution in [3.05, 3.63) is 0 Å². The lowest BCUT2D eigenvalue weighted by molar-refractivity contribution is 0.327. The van der Waals surface area contributed by atoms with Crippen LogP contribution in [-0.4, -0.2) is 20.4 Å². The lowest BCUT2D eigenvalue weighted by atomic mass is 10.4. The van der Waals surface area contributed by atoms with E-state index in [1.54, 1.807) is 0 Å². The summed E-state index contributed by atoms with van der Waals surface area (Å²) in [5.74, 6) is 0. The van der Waals surface area contributed by atoms with Crippen molar-refractivity contribution < 1.29 is 4.43 Å². The molecule has 0 aromatic heterocycles. The van der Waals surface area contributed by atoms with Gasteiger partial charge in [-0.1, -0.05) is 19.8 Å². The maximum atomic E-state index is 5.86. The first kappa shape index (κ1) is 11.5. The molecule has 0 amide bonds. The van der Waals surface area contributed by atoms with E-state index in [9.17, 15) is 0 Å². The Morgan fingerprint density at radius 3 is 2.36 bits per heavy atom. The fourth-order valence-electron chi connectivity index (χ4n) is 1.08. The number of unbranched alkanes of at least 4 members (excludes halogenated alkanes) is 1. The van der Waals surface area contributed by atoms with E-state index in [1.807, 2.05) is 6.92 Å². The molecule has 68 valence electrons. The molecule has 1 unspecified atom stereocenters. The minimum absolute atomic E-state index is 0.737. The minimum atomic E-state index is -1.48. The molecule has 0 aliphatic carbocycles. The van der Waals surface area contributed by atoms with Gasteiger partial charge in [-0.25, -0.2) is 0 Å². The van der Waals surface area contributed by atoms with E-state index in [4.69, 9.17) is 16.0 Å². The van der Waals surface area contributed by atoms with Gasteiger partial charge in [0, 0.05) is 12.1 Å². The summed E-state index contributed by atoms with van der Waals surface area (Å²) in [5.41, 5.74) is 0.737. The molecule has 0 spiro atoms. The lowest BCUT2D eigenvalue weighted by Crippen LogP contribution is -2.37. The van der Waals surface area contributed by atoms with Gasteiger partial charge in [-0.2, -0.15) is 0 Å². The topological polar surface area (TPSA) is 9.23 Å². The third-order valence-corrected chi connectivity index (χ3v) is 6.49. The molecule has 0 bridgehead atoms. The highest BCUT2D eigenvalue weighted by Crippen LogP contribution is 2.16. The summed E-state index contributed by atoms with van der Waals surface area (Å²) in [7, 11) is -1.48. The number of hydrogen-bond acceptors (Lipinski definition) is 1. The van der Waals surface area contributed by atoms with Crippen LogP contribution in [0.2, 0.25) is 12.6 Å². The van der Waals surface area contributed by atoms with Gasteiger partial charge in [0.1, 0.15) is 0 Å². The largest absolute Gasteiger partial charge is 0.416 e. The number of halogens is 1. The molecule has 3 heteroatoms. The smallest absolute Gasteiger partial charge is 0.204 e. The van der Waals surface area contributed by atoms with Crippen LogP contribution in [-0.2, 0) is 4.43 Å². The normalized spacial score (nSPS) is 16.4. The zero-order valence-corrected chi connectivity index (χ0v) is 9.58. The summed E-state index contributed by atoms with van der Waals surface area (Å²) in [6.07, 6.45) is 2.50. The van der Waals surface area contributed by atoms with Crippen LogP contribution in [0, 0.1) is 0 Å². The Balaban J connectivity index is 3.68. The zero-order chi connectivity index (χ0) is 8.74. The average molecular weight is 195 g/mol. The summed E-state index contributed by atoms with van der Waals surface area (Å²) in [6, 6.07) is 1.21. The summed E-state index contributed by atoms with van der Waals surface area (Å²) >= 11 is 5.86. The minimum Gasteiger partial charge on any atom is -0.416 e. The Morgan fingerprint density at radius 2 is 2.00 bits per heavy atom. The highest BCUT2D eigenvalue weighted by atomic mass is 35.5. The molecule has 0 aromatic carbocycles. The van der Waals surface area contributed by atoms with E-state index in [0.717, 1.165) is 12.1 Å². The van der Waals surface area contributed by atoms with Crippen molar-refractivity contribution in [2.24, 2.45) is 0 Å². The fourth-order valence-corrected chi connectivity index (χ4v) is 3.86. The van der Waals surface area contributed by atoms with Crippen LogP contribution < -0.4 is 0 Å². The van der Waals surface area contributed by atoms with Crippen molar-refractivity contribution in [3.63, 3.8) is 0 Å². The third-order valence-electron chi connectivity index (χ3n) is 1.83. The van der Waals surface area contributed by atoms with Crippen LogP contribution >= 0.6 is 11.6 Å². The molecule has 1 nitrogen and oxygen atoms in total. The Hall–Kier alpha value is 0.467. The highest BCUT2D eigenvalue weighted by Gasteiger charge is 2.26. The summed E-state index contributed by atoms with van der Waals surface area (Å²) in [4.78, 5) is 0.